The zero-order valence-corrected chi connectivity index (χ0v) is 26.8. The van der Waals surface area contributed by atoms with Crippen LogP contribution in [0.1, 0.15) is 82.5 Å². The smallest absolute Gasteiger partial charge is 0.317 e. The number of piperazine rings is 1. The van der Waals surface area contributed by atoms with Crippen LogP contribution in [0.15, 0.2) is 29.8 Å². The van der Waals surface area contributed by atoms with Crippen LogP contribution in [0.2, 0.25) is 0 Å². The maximum absolute atomic E-state index is 13.4. The molecule has 1 aliphatic heterocycles. The molecule has 2 bridgehead atoms. The van der Waals surface area contributed by atoms with E-state index in [2.05, 4.69) is 37.1 Å². The Labute approximate surface area is 253 Å². The van der Waals surface area contributed by atoms with Gasteiger partial charge in [-0.15, -0.1) is 0 Å². The zero-order valence-electron chi connectivity index (χ0n) is 26.8. The van der Waals surface area contributed by atoms with Crippen molar-refractivity contribution in [3.05, 3.63) is 35.4 Å². The van der Waals surface area contributed by atoms with Crippen molar-refractivity contribution in [1.29, 1.82) is 0 Å². The van der Waals surface area contributed by atoms with Gasteiger partial charge in [0.15, 0.2) is 0 Å². The lowest BCUT2D eigenvalue weighted by molar-refractivity contribution is -0.00984. The summed E-state index contributed by atoms with van der Waals surface area (Å²) in [6, 6.07) is 5.37. The number of carbonyl (C=O) groups excluding carboxylic acids is 2. The molecule has 2 atom stereocenters. The molecule has 5 rings (SSSR count). The molecule has 2 unspecified atom stereocenters. The highest BCUT2D eigenvalue weighted by molar-refractivity contribution is 5.95. The molecule has 1 saturated heterocycles. The van der Waals surface area contributed by atoms with Gasteiger partial charge in [-0.1, -0.05) is 64.5 Å². The monoisotopic (exact) mass is 582 g/mol. The van der Waals surface area contributed by atoms with Gasteiger partial charge in [0.25, 0.3) is 5.91 Å². The number of benzene rings is 1. The van der Waals surface area contributed by atoms with Crippen LogP contribution in [0, 0.1) is 17.3 Å². The fourth-order valence-electron chi connectivity index (χ4n) is 6.89. The molecule has 4 aliphatic rings. The van der Waals surface area contributed by atoms with Crippen LogP contribution in [0.25, 0.3) is 0 Å². The van der Waals surface area contributed by atoms with Crippen LogP contribution in [0.5, 0.6) is 11.5 Å². The van der Waals surface area contributed by atoms with Crippen LogP contribution in [-0.2, 0) is 0 Å². The van der Waals surface area contributed by atoms with Crippen molar-refractivity contribution in [2.24, 2.45) is 17.3 Å². The van der Waals surface area contributed by atoms with Crippen LogP contribution < -0.4 is 14.8 Å². The number of methoxy groups -OCH3 is 2. The number of hydrogen-bond donors (Lipinski definition) is 1. The van der Waals surface area contributed by atoms with Gasteiger partial charge in [-0.2, -0.15) is 0 Å². The first-order valence-corrected chi connectivity index (χ1v) is 16.2. The number of nitrogens with one attached hydrogen (secondary N) is 1. The molecule has 1 aromatic carbocycles. The number of ether oxygens (including phenoxy) is 2. The molecule has 3 aliphatic carbocycles. The van der Waals surface area contributed by atoms with Gasteiger partial charge >= 0.3 is 6.03 Å². The van der Waals surface area contributed by atoms with Crippen molar-refractivity contribution in [3.63, 3.8) is 0 Å². The minimum atomic E-state index is -0.00629. The Kier molecular flexibility index (Phi) is 11.6. The predicted octanol–water partition coefficient (Wildman–Crippen LogP) is 5.83. The van der Waals surface area contributed by atoms with E-state index in [1.807, 2.05) is 9.80 Å². The molecule has 42 heavy (non-hydrogen) atoms. The van der Waals surface area contributed by atoms with Gasteiger partial charge in [-0.25, -0.2) is 4.79 Å². The average Bonchev–Trinajstić information content (AvgIpc) is 3.01. The van der Waals surface area contributed by atoms with Crippen molar-refractivity contribution < 1.29 is 19.1 Å². The van der Waals surface area contributed by atoms with Crippen LogP contribution >= 0.6 is 0 Å². The third kappa shape index (κ3) is 8.00. The van der Waals surface area contributed by atoms with Gasteiger partial charge < -0.3 is 24.6 Å². The first kappa shape index (κ1) is 32.2. The number of rotatable bonds is 15. The van der Waals surface area contributed by atoms with E-state index in [0.29, 0.717) is 48.0 Å². The van der Waals surface area contributed by atoms with Gasteiger partial charge in [0.2, 0.25) is 0 Å². The normalized spacial score (nSPS) is 21.3. The van der Waals surface area contributed by atoms with Gasteiger partial charge in [-0.3, -0.25) is 9.69 Å². The SMILES string of the molecule is CCCCCCCCNC(=O)N(CCN1CCN(C(=O)c2cc(OC)cc(OC)c2)CC1)CC1=CCC2CC1C2(C)C. The van der Waals surface area contributed by atoms with Crippen LogP contribution in [0.4, 0.5) is 4.79 Å². The highest BCUT2D eigenvalue weighted by Crippen LogP contribution is 2.59. The molecule has 2 fully saturated rings. The third-order valence-electron chi connectivity index (χ3n) is 9.99. The van der Waals surface area contributed by atoms with E-state index in [1.54, 1.807) is 32.4 Å². The first-order chi connectivity index (χ1) is 20.3. The second-order valence-corrected chi connectivity index (χ2v) is 13.0. The van der Waals surface area contributed by atoms with E-state index in [9.17, 15) is 9.59 Å². The molecule has 0 radical (unpaired) electrons. The molecule has 8 heteroatoms. The lowest BCUT2D eigenvalue weighted by atomic mass is 9.49. The van der Waals surface area contributed by atoms with Crippen molar-refractivity contribution in [2.75, 3.05) is 66.6 Å². The zero-order chi connectivity index (χ0) is 30.1. The Morgan fingerprint density at radius 1 is 0.976 bits per heavy atom. The van der Waals surface area contributed by atoms with E-state index in [4.69, 9.17) is 9.47 Å². The molecular formula is C34H54N4O4. The Morgan fingerprint density at radius 3 is 2.26 bits per heavy atom. The molecule has 0 aromatic heterocycles. The Balaban J connectivity index is 1.29. The molecule has 234 valence electrons. The third-order valence-corrected chi connectivity index (χ3v) is 9.99. The van der Waals surface area contributed by atoms with Crippen LogP contribution in [-0.4, -0.2) is 93.2 Å². The minimum Gasteiger partial charge on any atom is -0.497 e. The Hall–Kier alpha value is -2.74. The van der Waals surface area contributed by atoms with E-state index in [0.717, 1.165) is 51.5 Å². The highest BCUT2D eigenvalue weighted by Gasteiger charge is 2.51. The number of unbranched alkanes of at least 4 members (excludes halogenated alkanes) is 5. The fraction of sp³-hybridized carbons (Fsp3) is 0.706. The summed E-state index contributed by atoms with van der Waals surface area (Å²) in [7, 11) is 3.18. The summed E-state index contributed by atoms with van der Waals surface area (Å²) in [5, 5.41) is 3.23. The number of nitrogens with zero attached hydrogens (tertiary/aromatic N) is 3. The molecule has 1 saturated carbocycles. The first-order valence-electron chi connectivity index (χ1n) is 16.2. The van der Waals surface area contributed by atoms with Gasteiger partial charge in [0.05, 0.1) is 14.2 Å². The topological polar surface area (TPSA) is 74.4 Å². The number of fused-ring (bicyclic) bond motifs is 1. The van der Waals surface area contributed by atoms with Gasteiger partial charge in [0, 0.05) is 64.0 Å². The summed E-state index contributed by atoms with van der Waals surface area (Å²) in [6.45, 7) is 12.9. The fourth-order valence-corrected chi connectivity index (χ4v) is 6.89. The lowest BCUT2D eigenvalue weighted by Crippen LogP contribution is -2.53. The largest absolute Gasteiger partial charge is 0.497 e. The summed E-state index contributed by atoms with van der Waals surface area (Å²) in [4.78, 5) is 33.0. The number of urea groups is 1. The van der Waals surface area contributed by atoms with Crippen molar-refractivity contribution >= 4 is 11.9 Å². The molecule has 0 spiro atoms. The Bertz CT molecular complexity index is 1060. The average molecular weight is 583 g/mol. The summed E-state index contributed by atoms with van der Waals surface area (Å²) < 4.78 is 10.7. The molecule has 1 N–H and O–H groups in total. The predicted molar refractivity (Wildman–Crippen MR) is 168 cm³/mol. The standard InChI is InChI=1S/C34H54N4O4/c1-6-7-8-9-10-11-14-35-33(40)38(25-26-12-13-28-23-31(26)34(28,2)3)20-17-36-15-18-37(19-16-36)32(39)27-21-29(41-4)24-30(22-27)42-5/h12,21-22,24,28,31H,6-11,13-20,23,25H2,1-5H3,(H,35,40). The number of amides is 3. The molecular weight excluding hydrogens is 528 g/mol. The molecule has 1 aromatic rings. The summed E-state index contributed by atoms with van der Waals surface area (Å²) in [5.41, 5.74) is 2.37. The maximum atomic E-state index is 13.4. The minimum absolute atomic E-state index is 0.00629. The quantitative estimate of drug-likeness (QED) is 0.208. The summed E-state index contributed by atoms with van der Waals surface area (Å²) >= 11 is 0. The lowest BCUT2D eigenvalue weighted by Gasteiger charge is -2.57. The second-order valence-electron chi connectivity index (χ2n) is 13.0. The van der Waals surface area contributed by atoms with Crippen molar-refractivity contribution in [3.8, 4) is 11.5 Å². The maximum Gasteiger partial charge on any atom is 0.317 e. The number of hydrogen-bond acceptors (Lipinski definition) is 5. The van der Waals surface area contributed by atoms with Gasteiger partial charge in [-0.05, 0) is 48.6 Å². The number of allylic oxidation sites excluding steroid dienone is 1. The van der Waals surface area contributed by atoms with Crippen molar-refractivity contribution in [2.45, 2.75) is 72.1 Å². The number of carbonyl (C=O) groups is 2. The van der Waals surface area contributed by atoms with E-state index in [-0.39, 0.29) is 11.9 Å². The highest BCUT2D eigenvalue weighted by atomic mass is 16.5. The van der Waals surface area contributed by atoms with Crippen LogP contribution in [0.3, 0.4) is 0 Å². The van der Waals surface area contributed by atoms with Gasteiger partial charge in [0.1, 0.15) is 11.5 Å². The summed E-state index contributed by atoms with van der Waals surface area (Å²) in [6.07, 6.45) is 12.1. The molecule has 8 nitrogen and oxygen atoms in total. The van der Waals surface area contributed by atoms with E-state index >= 15 is 0 Å². The van der Waals surface area contributed by atoms with E-state index in [1.165, 1.54) is 44.1 Å². The Morgan fingerprint density at radius 2 is 1.64 bits per heavy atom. The summed E-state index contributed by atoms with van der Waals surface area (Å²) in [5.74, 6) is 2.60. The second kappa shape index (κ2) is 15.1. The molecule has 3 amide bonds. The van der Waals surface area contributed by atoms with Crippen molar-refractivity contribution in [1.82, 2.24) is 20.0 Å². The van der Waals surface area contributed by atoms with E-state index < -0.39 is 0 Å². The molecule has 1 heterocycles.